The molecule has 0 N–H and O–H groups in total. The number of benzene rings is 2. The Balaban J connectivity index is 1.78. The van der Waals surface area contributed by atoms with Crippen molar-refractivity contribution < 1.29 is 22.3 Å². The molecule has 3 aromatic rings. The van der Waals surface area contributed by atoms with Crippen LogP contribution in [0, 0.1) is 5.82 Å². The van der Waals surface area contributed by atoms with Crippen LogP contribution in [0.1, 0.15) is 21.7 Å². The number of sulfonamides is 1. The van der Waals surface area contributed by atoms with Crippen LogP contribution < -0.4 is 0 Å². The molecule has 1 aromatic heterocycles. The Morgan fingerprint density at radius 1 is 1.14 bits per heavy atom. The molecule has 0 radical (unpaired) electrons. The molecule has 0 saturated carbocycles. The number of methoxy groups -OCH3 is 1. The molecule has 0 aliphatic carbocycles. The third kappa shape index (κ3) is 3.48. The molecular formula is C21H18FNO4S2. The predicted octanol–water partition coefficient (Wildman–Crippen LogP) is 4.31. The number of nitrogens with zero attached hydrogens (tertiary/aromatic N) is 1. The summed E-state index contributed by atoms with van der Waals surface area (Å²) >= 11 is 0.923. The fraction of sp³-hybridized carbons (Fsp3) is 0.190. The van der Waals surface area contributed by atoms with Gasteiger partial charge in [-0.05, 0) is 29.7 Å². The number of carbonyl (C=O) groups excluding carboxylic acids is 1. The van der Waals surface area contributed by atoms with Gasteiger partial charge >= 0.3 is 5.97 Å². The number of ether oxygens (including phenoxy) is 1. The van der Waals surface area contributed by atoms with Crippen molar-refractivity contribution in [1.82, 2.24) is 4.31 Å². The van der Waals surface area contributed by atoms with Crippen molar-refractivity contribution >= 4 is 43.0 Å². The summed E-state index contributed by atoms with van der Waals surface area (Å²) in [5.74, 6) is -1.47. The van der Waals surface area contributed by atoms with Crippen molar-refractivity contribution in [2.24, 2.45) is 0 Å². The van der Waals surface area contributed by atoms with E-state index in [-0.39, 0.29) is 28.2 Å². The van der Waals surface area contributed by atoms with Gasteiger partial charge in [-0.25, -0.2) is 17.6 Å². The topological polar surface area (TPSA) is 63.7 Å². The van der Waals surface area contributed by atoms with Crippen LogP contribution in [0.15, 0.2) is 59.5 Å². The average molecular weight is 432 g/mol. The Kier molecular flexibility index (Phi) is 5.24. The van der Waals surface area contributed by atoms with E-state index in [0.29, 0.717) is 11.1 Å². The van der Waals surface area contributed by atoms with E-state index >= 15 is 0 Å². The number of hydrogen-bond donors (Lipinski definition) is 0. The number of fused-ring (bicyclic) bond motifs is 1. The molecule has 0 atom stereocenters. The number of thiophene rings is 1. The zero-order valence-electron chi connectivity index (χ0n) is 15.6. The Morgan fingerprint density at radius 2 is 1.90 bits per heavy atom. The Labute approximate surface area is 172 Å². The first-order valence-corrected chi connectivity index (χ1v) is 11.2. The summed E-state index contributed by atoms with van der Waals surface area (Å²) in [6.07, 6.45) is 2.39. The van der Waals surface area contributed by atoms with E-state index in [4.69, 9.17) is 4.74 Å². The fourth-order valence-corrected chi connectivity index (χ4v) is 6.64. The van der Waals surface area contributed by atoms with Gasteiger partial charge in [-0.3, -0.25) is 0 Å². The molecular weight excluding hydrogens is 413 g/mol. The van der Waals surface area contributed by atoms with Gasteiger partial charge in [0.2, 0.25) is 10.0 Å². The van der Waals surface area contributed by atoms with Gasteiger partial charge in [-0.2, -0.15) is 4.31 Å². The van der Waals surface area contributed by atoms with Crippen LogP contribution in [-0.2, 0) is 14.8 Å². The lowest BCUT2D eigenvalue weighted by atomic mass is 10.0. The predicted molar refractivity (Wildman–Crippen MR) is 111 cm³/mol. The molecule has 0 spiro atoms. The zero-order chi connectivity index (χ0) is 20.6. The van der Waals surface area contributed by atoms with Crippen LogP contribution in [0.3, 0.4) is 0 Å². The minimum absolute atomic E-state index is 0.0595. The summed E-state index contributed by atoms with van der Waals surface area (Å²) in [6.45, 7) is 0.397. The molecule has 150 valence electrons. The second kappa shape index (κ2) is 7.70. The molecule has 0 bridgehead atoms. The van der Waals surface area contributed by atoms with Crippen LogP contribution in [0.4, 0.5) is 4.39 Å². The lowest BCUT2D eigenvalue weighted by molar-refractivity contribution is 0.0602. The molecule has 1 aliphatic heterocycles. The maximum absolute atomic E-state index is 14.6. The maximum Gasteiger partial charge on any atom is 0.349 e. The third-order valence-electron chi connectivity index (χ3n) is 4.91. The minimum atomic E-state index is -4.10. The Hall–Kier alpha value is -2.55. The molecule has 8 heteroatoms. The van der Waals surface area contributed by atoms with Crippen molar-refractivity contribution in [3.63, 3.8) is 0 Å². The summed E-state index contributed by atoms with van der Waals surface area (Å²) in [7, 11) is -2.93. The van der Waals surface area contributed by atoms with E-state index in [2.05, 4.69) is 0 Å². The molecule has 1 aliphatic rings. The maximum atomic E-state index is 14.6. The highest BCUT2D eigenvalue weighted by atomic mass is 32.2. The lowest BCUT2D eigenvalue weighted by Crippen LogP contribution is -2.35. The molecule has 0 unspecified atom stereocenters. The van der Waals surface area contributed by atoms with Gasteiger partial charge in [-0.15, -0.1) is 11.3 Å². The highest BCUT2D eigenvalue weighted by Crippen LogP contribution is 2.39. The number of esters is 1. The van der Waals surface area contributed by atoms with Gasteiger partial charge in [0.1, 0.15) is 15.6 Å². The quantitative estimate of drug-likeness (QED) is 0.578. The molecule has 0 saturated heterocycles. The van der Waals surface area contributed by atoms with Crippen molar-refractivity contribution in [1.29, 1.82) is 0 Å². The van der Waals surface area contributed by atoms with E-state index in [1.54, 1.807) is 6.07 Å². The Bertz CT molecular complexity index is 1220. The first kappa shape index (κ1) is 19.8. The van der Waals surface area contributed by atoms with Gasteiger partial charge in [-0.1, -0.05) is 42.5 Å². The number of rotatable bonds is 4. The average Bonchev–Trinajstić information content (AvgIpc) is 3.16. The van der Waals surface area contributed by atoms with Crippen LogP contribution in [-0.4, -0.2) is 38.9 Å². The largest absolute Gasteiger partial charge is 0.465 e. The molecule has 2 aromatic carbocycles. The van der Waals surface area contributed by atoms with Crippen LogP contribution in [0.2, 0.25) is 0 Å². The highest BCUT2D eigenvalue weighted by molar-refractivity contribution is 7.89. The second-order valence-electron chi connectivity index (χ2n) is 6.57. The summed E-state index contributed by atoms with van der Waals surface area (Å²) in [6, 6.07) is 14.0. The van der Waals surface area contributed by atoms with E-state index < -0.39 is 21.8 Å². The van der Waals surface area contributed by atoms with Crippen LogP contribution in [0.25, 0.3) is 15.7 Å². The van der Waals surface area contributed by atoms with Gasteiger partial charge in [0, 0.05) is 23.2 Å². The fourth-order valence-electron chi connectivity index (χ4n) is 3.47. The molecule has 29 heavy (non-hydrogen) atoms. The van der Waals surface area contributed by atoms with Crippen molar-refractivity contribution in [2.45, 2.75) is 11.3 Å². The summed E-state index contributed by atoms with van der Waals surface area (Å²) in [5, 5.41) is -0.0595. The SMILES string of the molecule is COC(=O)c1sc2cccc(F)c2c1S(=O)(=O)N1CC=C(c2ccccc2)CC1. The van der Waals surface area contributed by atoms with Gasteiger partial charge < -0.3 is 4.74 Å². The Morgan fingerprint density at radius 3 is 2.55 bits per heavy atom. The van der Waals surface area contributed by atoms with Gasteiger partial charge in [0.05, 0.1) is 7.11 Å². The van der Waals surface area contributed by atoms with Crippen molar-refractivity contribution in [2.75, 3.05) is 20.2 Å². The number of hydrogen-bond acceptors (Lipinski definition) is 5. The summed E-state index contributed by atoms with van der Waals surface area (Å²) in [4.78, 5) is 11.8. The summed E-state index contributed by atoms with van der Waals surface area (Å²) in [5.41, 5.74) is 2.11. The van der Waals surface area contributed by atoms with E-state index in [1.165, 1.54) is 23.5 Å². The van der Waals surface area contributed by atoms with Crippen molar-refractivity contribution in [3.8, 4) is 0 Å². The normalized spacial score (nSPS) is 15.3. The zero-order valence-corrected chi connectivity index (χ0v) is 17.2. The smallest absolute Gasteiger partial charge is 0.349 e. The molecule has 0 amide bonds. The number of halogens is 1. The van der Waals surface area contributed by atoms with Crippen LogP contribution in [0.5, 0.6) is 0 Å². The van der Waals surface area contributed by atoms with E-state index in [0.717, 1.165) is 22.5 Å². The molecule has 0 fully saturated rings. The highest BCUT2D eigenvalue weighted by Gasteiger charge is 2.35. The first-order valence-electron chi connectivity index (χ1n) is 8.97. The van der Waals surface area contributed by atoms with Gasteiger partial charge in [0.25, 0.3) is 0 Å². The molecule has 2 heterocycles. The third-order valence-corrected chi connectivity index (χ3v) is 8.11. The molecule has 5 nitrogen and oxygen atoms in total. The summed E-state index contributed by atoms with van der Waals surface area (Å²) < 4.78 is 47.8. The van der Waals surface area contributed by atoms with Gasteiger partial charge in [0.15, 0.2) is 0 Å². The second-order valence-corrected chi connectivity index (χ2v) is 9.50. The standard InChI is InChI=1S/C21H18FNO4S2/c1-27-21(24)19-20(18-16(22)8-5-9-17(18)28-19)29(25,26)23-12-10-15(11-13-23)14-6-3-2-4-7-14/h2-10H,11-13H2,1H3. The lowest BCUT2D eigenvalue weighted by Gasteiger charge is -2.26. The molecule has 4 rings (SSSR count). The van der Waals surface area contributed by atoms with E-state index in [9.17, 15) is 17.6 Å². The number of carbonyl (C=O) groups is 1. The minimum Gasteiger partial charge on any atom is -0.465 e. The van der Waals surface area contributed by atoms with Crippen molar-refractivity contribution in [3.05, 3.63) is 70.9 Å². The van der Waals surface area contributed by atoms with E-state index in [1.807, 2.05) is 36.4 Å². The van der Waals surface area contributed by atoms with Crippen LogP contribution >= 0.6 is 11.3 Å². The monoisotopic (exact) mass is 431 g/mol. The first-order chi connectivity index (χ1) is 13.9.